The number of amides is 1. The number of methoxy groups -OCH3 is 2. The van der Waals surface area contributed by atoms with Crippen molar-refractivity contribution in [2.75, 3.05) is 57.5 Å². The van der Waals surface area contributed by atoms with Crippen LogP contribution in [-0.4, -0.2) is 73.2 Å². The first-order valence-electron chi connectivity index (χ1n) is 11.7. The lowest BCUT2D eigenvalue weighted by molar-refractivity contribution is -0.116. The molecule has 0 radical (unpaired) electrons. The maximum atomic E-state index is 12.9. The van der Waals surface area contributed by atoms with Gasteiger partial charge in [-0.25, -0.2) is 0 Å². The molecule has 6 rings (SSSR count). The van der Waals surface area contributed by atoms with Gasteiger partial charge in [0.1, 0.15) is 5.82 Å². The summed E-state index contributed by atoms with van der Waals surface area (Å²) < 4.78 is 29.6. The number of benzene rings is 1. The lowest BCUT2D eigenvalue weighted by atomic mass is 9.84. The molecule has 3 aliphatic heterocycles. The van der Waals surface area contributed by atoms with E-state index in [1.807, 2.05) is 25.1 Å². The van der Waals surface area contributed by atoms with Crippen LogP contribution >= 0.6 is 0 Å². The van der Waals surface area contributed by atoms with Crippen LogP contribution in [0.25, 0.3) is 5.82 Å². The van der Waals surface area contributed by atoms with Gasteiger partial charge in [0.05, 0.1) is 33.1 Å². The molecule has 1 atom stereocenters. The molecule has 1 aromatic carbocycles. The molecule has 1 unspecified atom stereocenters. The molecule has 0 bridgehead atoms. The van der Waals surface area contributed by atoms with Crippen molar-refractivity contribution in [1.29, 1.82) is 0 Å². The van der Waals surface area contributed by atoms with Gasteiger partial charge in [0.25, 0.3) is 0 Å². The first kappa shape index (κ1) is 22.4. The highest BCUT2D eigenvalue weighted by Gasteiger charge is 2.38. The molecular formula is C24H26N6O6. The highest BCUT2D eigenvalue weighted by atomic mass is 16.7. The van der Waals surface area contributed by atoms with E-state index in [4.69, 9.17) is 28.8 Å². The number of nitrogens with one attached hydrogen (secondary N) is 1. The van der Waals surface area contributed by atoms with E-state index in [0.717, 1.165) is 35.7 Å². The minimum Gasteiger partial charge on any atom is -0.493 e. The fourth-order valence-corrected chi connectivity index (χ4v) is 5.03. The van der Waals surface area contributed by atoms with Gasteiger partial charge in [0.2, 0.25) is 24.2 Å². The minimum absolute atomic E-state index is 0.0674. The number of aromatic nitrogens is 4. The number of ether oxygens (including phenoxy) is 5. The summed E-state index contributed by atoms with van der Waals surface area (Å²) in [5.41, 5.74) is 2.38. The van der Waals surface area contributed by atoms with E-state index in [0.29, 0.717) is 47.8 Å². The average Bonchev–Trinajstić information content (AvgIpc) is 3.53. The molecule has 1 amide bonds. The Morgan fingerprint density at radius 3 is 2.53 bits per heavy atom. The van der Waals surface area contributed by atoms with E-state index in [-0.39, 0.29) is 25.0 Å². The summed E-state index contributed by atoms with van der Waals surface area (Å²) in [6.45, 7) is 4.84. The quantitative estimate of drug-likeness (QED) is 0.564. The van der Waals surface area contributed by atoms with Crippen molar-refractivity contribution >= 4 is 17.5 Å². The zero-order valence-corrected chi connectivity index (χ0v) is 20.2. The van der Waals surface area contributed by atoms with Gasteiger partial charge in [-0.05, 0) is 25.1 Å². The van der Waals surface area contributed by atoms with Gasteiger partial charge in [-0.2, -0.15) is 9.78 Å². The molecule has 0 aliphatic carbocycles. The van der Waals surface area contributed by atoms with Crippen molar-refractivity contribution in [2.45, 2.75) is 19.3 Å². The van der Waals surface area contributed by atoms with E-state index in [1.165, 1.54) is 0 Å². The monoisotopic (exact) mass is 494 g/mol. The van der Waals surface area contributed by atoms with Gasteiger partial charge in [-0.15, -0.1) is 10.2 Å². The van der Waals surface area contributed by atoms with E-state index < -0.39 is 0 Å². The summed E-state index contributed by atoms with van der Waals surface area (Å²) in [6.07, 6.45) is 0.209. The minimum atomic E-state index is -0.346. The average molecular weight is 495 g/mol. The van der Waals surface area contributed by atoms with Crippen molar-refractivity contribution in [1.82, 2.24) is 20.0 Å². The van der Waals surface area contributed by atoms with Crippen LogP contribution in [0.5, 0.6) is 23.0 Å². The molecule has 0 saturated carbocycles. The molecule has 0 spiro atoms. The second-order valence-corrected chi connectivity index (χ2v) is 8.68. The molecule has 3 aliphatic rings. The summed E-state index contributed by atoms with van der Waals surface area (Å²) in [4.78, 5) is 15.0. The van der Waals surface area contributed by atoms with Crippen LogP contribution in [0, 0.1) is 6.92 Å². The number of rotatable bonds is 5. The smallest absolute Gasteiger partial charge is 0.231 e. The normalized spacial score (nSPS) is 18.6. The molecule has 2 aromatic heterocycles. The van der Waals surface area contributed by atoms with Gasteiger partial charge < -0.3 is 33.9 Å². The van der Waals surface area contributed by atoms with Crippen molar-refractivity contribution in [2.24, 2.45) is 0 Å². The molecule has 12 heteroatoms. The van der Waals surface area contributed by atoms with Gasteiger partial charge in [-0.1, -0.05) is 0 Å². The van der Waals surface area contributed by atoms with Crippen molar-refractivity contribution in [3.63, 3.8) is 0 Å². The summed E-state index contributed by atoms with van der Waals surface area (Å²) in [7, 11) is 3.13. The number of morpholine rings is 1. The van der Waals surface area contributed by atoms with Crippen molar-refractivity contribution in [3.05, 3.63) is 35.0 Å². The van der Waals surface area contributed by atoms with Crippen molar-refractivity contribution < 1.29 is 28.5 Å². The molecule has 188 valence electrons. The third-order valence-corrected chi connectivity index (χ3v) is 6.68. The third kappa shape index (κ3) is 3.56. The molecule has 1 saturated heterocycles. The predicted octanol–water partition coefficient (Wildman–Crippen LogP) is 2.03. The van der Waals surface area contributed by atoms with E-state index in [2.05, 4.69) is 20.4 Å². The van der Waals surface area contributed by atoms with Crippen LogP contribution in [-0.2, 0) is 9.53 Å². The lowest BCUT2D eigenvalue weighted by Gasteiger charge is -2.27. The number of hydrogen-bond donors (Lipinski definition) is 1. The van der Waals surface area contributed by atoms with Crippen LogP contribution in [0.2, 0.25) is 0 Å². The fourth-order valence-electron chi connectivity index (χ4n) is 5.03. The fraction of sp³-hybridized carbons (Fsp3) is 0.417. The number of carbonyl (C=O) groups is 1. The molecule has 36 heavy (non-hydrogen) atoms. The lowest BCUT2D eigenvalue weighted by Crippen LogP contribution is -2.36. The first-order chi connectivity index (χ1) is 17.6. The highest BCUT2D eigenvalue weighted by Crippen LogP contribution is 2.54. The Labute approximate surface area is 207 Å². The number of carbonyl (C=O) groups excluding carboxylic acids is 1. The Morgan fingerprint density at radius 1 is 1.06 bits per heavy atom. The molecular weight excluding hydrogens is 468 g/mol. The van der Waals surface area contributed by atoms with Crippen LogP contribution < -0.4 is 29.2 Å². The van der Waals surface area contributed by atoms with E-state index >= 15 is 0 Å². The number of hydrogen-bond acceptors (Lipinski definition) is 10. The number of anilines is 2. The molecule has 12 nitrogen and oxygen atoms in total. The van der Waals surface area contributed by atoms with Crippen LogP contribution in [0.3, 0.4) is 0 Å². The van der Waals surface area contributed by atoms with Crippen LogP contribution in [0.15, 0.2) is 18.2 Å². The maximum absolute atomic E-state index is 12.9. The Kier molecular flexibility index (Phi) is 5.52. The summed E-state index contributed by atoms with van der Waals surface area (Å²) >= 11 is 0. The molecule has 1 fully saturated rings. The SMILES string of the molecule is COc1cc(C2CC(=O)Nc3c2c(C)nn3-c2ccc(N3CCOCC3)nn2)c(OC)c2c1OCO2. The second-order valence-electron chi connectivity index (χ2n) is 8.68. The molecule has 3 aromatic rings. The summed E-state index contributed by atoms with van der Waals surface area (Å²) in [6, 6.07) is 5.60. The van der Waals surface area contributed by atoms with Crippen LogP contribution in [0.1, 0.15) is 29.2 Å². The maximum Gasteiger partial charge on any atom is 0.231 e. The summed E-state index contributed by atoms with van der Waals surface area (Å²) in [5.74, 6) is 3.32. The number of fused-ring (bicyclic) bond motifs is 2. The Balaban J connectivity index is 1.42. The van der Waals surface area contributed by atoms with Crippen molar-refractivity contribution in [3.8, 4) is 28.8 Å². The molecule has 5 heterocycles. The zero-order valence-electron chi connectivity index (χ0n) is 20.2. The Bertz CT molecular complexity index is 1320. The largest absolute Gasteiger partial charge is 0.493 e. The summed E-state index contributed by atoms with van der Waals surface area (Å²) in [5, 5.41) is 16.5. The van der Waals surface area contributed by atoms with Gasteiger partial charge >= 0.3 is 0 Å². The van der Waals surface area contributed by atoms with Gasteiger partial charge in [0, 0.05) is 36.6 Å². The van der Waals surface area contributed by atoms with E-state index in [1.54, 1.807) is 18.9 Å². The standard InChI is InChI=1S/C24H26N6O6/c1-13-20-14(15-10-16(32-2)22-23(21(15)33-3)36-12-35-22)11-19(31)25-24(20)30(28-13)18-5-4-17(26-27-18)29-6-8-34-9-7-29/h4-5,10,14H,6-9,11-12H2,1-3H3,(H,25,31). The number of aryl methyl sites for hydroxylation is 1. The highest BCUT2D eigenvalue weighted by molar-refractivity contribution is 5.95. The molecule has 1 N–H and O–H groups in total. The van der Waals surface area contributed by atoms with Crippen LogP contribution in [0.4, 0.5) is 11.6 Å². The third-order valence-electron chi connectivity index (χ3n) is 6.68. The first-order valence-corrected chi connectivity index (χ1v) is 11.7. The van der Waals surface area contributed by atoms with E-state index in [9.17, 15) is 4.79 Å². The van der Waals surface area contributed by atoms with Gasteiger partial charge in [-0.3, -0.25) is 4.79 Å². The Hall–Kier alpha value is -4.06. The zero-order chi connectivity index (χ0) is 24.8. The predicted molar refractivity (Wildman–Crippen MR) is 128 cm³/mol. The topological polar surface area (TPSA) is 122 Å². The Morgan fingerprint density at radius 2 is 1.81 bits per heavy atom. The van der Waals surface area contributed by atoms with Gasteiger partial charge in [0.15, 0.2) is 23.1 Å². The number of nitrogens with zero attached hydrogens (tertiary/aromatic N) is 5. The second kappa shape index (κ2) is 8.86.